The number of nitrogens with zero attached hydrogens (tertiary/aromatic N) is 4. The van der Waals surface area contributed by atoms with Crippen molar-refractivity contribution in [1.29, 1.82) is 5.26 Å². The van der Waals surface area contributed by atoms with Crippen LogP contribution in [0.2, 0.25) is 0 Å². The van der Waals surface area contributed by atoms with Gasteiger partial charge in [-0.3, -0.25) is 9.78 Å². The summed E-state index contributed by atoms with van der Waals surface area (Å²) in [6.07, 6.45) is 3.84. The number of alkyl halides is 1. The van der Waals surface area contributed by atoms with Gasteiger partial charge in [-0.1, -0.05) is 0 Å². The molecule has 3 heterocycles. The lowest BCUT2D eigenvalue weighted by Crippen LogP contribution is -2.42. The van der Waals surface area contributed by atoms with Gasteiger partial charge in [-0.25, -0.2) is 8.91 Å². The standard InChI is InChI=1S/C25H29FN6O3/c1-25(2,35)23(26)14-29-24(34)19-13-28-21(10-20(19)31-16-4-3-5-18(33)9-16)22-7-6-17-8-15(11-27)12-30-32(17)22/h6-8,10,12-13,16,18,23,33,35H,3-5,9,14H2,1-2H3,(H,28,31)(H,29,34)/t16-,18+,23-/m1/s1. The molecule has 0 aromatic carbocycles. The van der Waals surface area contributed by atoms with E-state index in [-0.39, 0.29) is 18.2 Å². The zero-order chi connectivity index (χ0) is 25.2. The maximum atomic E-state index is 14.2. The molecule has 0 unspecified atom stereocenters. The average molecular weight is 481 g/mol. The van der Waals surface area contributed by atoms with Crippen LogP contribution in [0.1, 0.15) is 55.5 Å². The Kier molecular flexibility index (Phi) is 7.00. The molecule has 1 fully saturated rings. The van der Waals surface area contributed by atoms with Crippen LogP contribution in [0.4, 0.5) is 10.1 Å². The van der Waals surface area contributed by atoms with E-state index in [9.17, 15) is 19.4 Å². The van der Waals surface area contributed by atoms with Crippen molar-refractivity contribution in [2.24, 2.45) is 0 Å². The largest absolute Gasteiger partial charge is 0.393 e. The quantitative estimate of drug-likeness (QED) is 0.408. The van der Waals surface area contributed by atoms with E-state index in [1.807, 2.05) is 12.1 Å². The molecule has 10 heteroatoms. The highest BCUT2D eigenvalue weighted by Crippen LogP contribution is 2.28. The molecular formula is C25H29FN6O3. The van der Waals surface area contributed by atoms with Crippen LogP contribution in [0.5, 0.6) is 0 Å². The number of hydrogen-bond acceptors (Lipinski definition) is 7. The van der Waals surface area contributed by atoms with Crippen molar-refractivity contribution in [1.82, 2.24) is 19.9 Å². The molecule has 9 nitrogen and oxygen atoms in total. The van der Waals surface area contributed by atoms with Crippen molar-refractivity contribution in [2.45, 2.75) is 63.4 Å². The van der Waals surface area contributed by atoms with Crippen LogP contribution in [-0.4, -0.2) is 61.2 Å². The molecular weight excluding hydrogens is 451 g/mol. The Hall–Kier alpha value is -3.55. The van der Waals surface area contributed by atoms with E-state index in [1.54, 1.807) is 16.6 Å². The molecule has 0 aliphatic heterocycles. The average Bonchev–Trinajstić information content (AvgIpc) is 3.25. The third kappa shape index (κ3) is 5.58. The smallest absolute Gasteiger partial charge is 0.255 e. The van der Waals surface area contributed by atoms with Gasteiger partial charge in [-0.15, -0.1) is 0 Å². The molecule has 1 saturated carbocycles. The van der Waals surface area contributed by atoms with Crippen LogP contribution < -0.4 is 10.6 Å². The van der Waals surface area contributed by atoms with Gasteiger partial charge in [0.1, 0.15) is 12.2 Å². The summed E-state index contributed by atoms with van der Waals surface area (Å²) in [5.41, 5.74) is 1.56. The highest BCUT2D eigenvalue weighted by Gasteiger charge is 2.28. The predicted molar refractivity (Wildman–Crippen MR) is 129 cm³/mol. The van der Waals surface area contributed by atoms with Crippen molar-refractivity contribution < 1.29 is 19.4 Å². The second-order valence-electron chi connectivity index (χ2n) is 9.52. The van der Waals surface area contributed by atoms with Crippen molar-refractivity contribution >= 4 is 17.1 Å². The number of pyridine rings is 1. The van der Waals surface area contributed by atoms with Crippen LogP contribution in [0.15, 0.2) is 36.7 Å². The van der Waals surface area contributed by atoms with Gasteiger partial charge in [0.15, 0.2) is 0 Å². The Labute approximate surface area is 202 Å². The van der Waals surface area contributed by atoms with E-state index in [0.29, 0.717) is 29.1 Å². The third-order valence-corrected chi connectivity index (χ3v) is 6.26. The van der Waals surface area contributed by atoms with Gasteiger partial charge in [0.25, 0.3) is 5.91 Å². The summed E-state index contributed by atoms with van der Waals surface area (Å²) in [6.45, 7) is 2.34. The van der Waals surface area contributed by atoms with Crippen molar-refractivity contribution in [2.75, 3.05) is 11.9 Å². The number of fused-ring (bicyclic) bond motifs is 1. The van der Waals surface area contributed by atoms with Crippen LogP contribution in [0.3, 0.4) is 0 Å². The van der Waals surface area contributed by atoms with E-state index < -0.39 is 23.8 Å². The first-order chi connectivity index (χ1) is 16.7. The number of carbonyl (C=O) groups is 1. The lowest BCUT2D eigenvalue weighted by molar-refractivity contribution is -0.00177. The predicted octanol–water partition coefficient (Wildman–Crippen LogP) is 2.82. The van der Waals surface area contributed by atoms with Crippen molar-refractivity contribution in [3.63, 3.8) is 0 Å². The molecule has 3 aromatic rings. The highest BCUT2D eigenvalue weighted by atomic mass is 19.1. The van der Waals surface area contributed by atoms with Crippen LogP contribution in [-0.2, 0) is 0 Å². The Morgan fingerprint density at radius 3 is 2.86 bits per heavy atom. The molecule has 4 rings (SSSR count). The molecule has 184 valence electrons. The van der Waals surface area contributed by atoms with E-state index in [4.69, 9.17) is 5.26 Å². The number of anilines is 1. The summed E-state index contributed by atoms with van der Waals surface area (Å²) in [7, 11) is 0. The number of nitrogens with one attached hydrogen (secondary N) is 2. The van der Waals surface area contributed by atoms with Crippen LogP contribution in [0, 0.1) is 11.3 Å². The molecule has 1 amide bonds. The first kappa shape index (κ1) is 24.6. The molecule has 1 aliphatic carbocycles. The fourth-order valence-electron chi connectivity index (χ4n) is 4.19. The molecule has 0 radical (unpaired) electrons. The van der Waals surface area contributed by atoms with Gasteiger partial charge >= 0.3 is 0 Å². The summed E-state index contributed by atoms with van der Waals surface area (Å²) in [5, 5.41) is 39.3. The number of halogens is 1. The number of rotatable bonds is 7. The number of hydrogen-bond donors (Lipinski definition) is 4. The zero-order valence-electron chi connectivity index (χ0n) is 19.7. The number of aliphatic hydroxyl groups is 2. The second-order valence-corrected chi connectivity index (χ2v) is 9.52. The zero-order valence-corrected chi connectivity index (χ0v) is 19.7. The molecule has 35 heavy (non-hydrogen) atoms. The number of carbonyl (C=O) groups excluding carboxylic acids is 1. The summed E-state index contributed by atoms with van der Waals surface area (Å²) in [4.78, 5) is 17.4. The first-order valence-corrected chi connectivity index (χ1v) is 11.6. The monoisotopic (exact) mass is 480 g/mol. The SMILES string of the molecule is CC(C)(O)[C@H](F)CNC(=O)c1cnc(-c2ccc3cc(C#N)cnn23)cc1N[C@@H]1CCC[C@H](O)C1. The Morgan fingerprint density at radius 1 is 1.34 bits per heavy atom. The van der Waals surface area contributed by atoms with Gasteiger partial charge in [0.05, 0.1) is 58.2 Å². The topological polar surface area (TPSA) is 136 Å². The van der Waals surface area contributed by atoms with Crippen LogP contribution >= 0.6 is 0 Å². The summed E-state index contributed by atoms with van der Waals surface area (Å²) >= 11 is 0. The minimum absolute atomic E-state index is 0.0359. The Balaban J connectivity index is 1.66. The fraction of sp³-hybridized carbons (Fsp3) is 0.440. The summed E-state index contributed by atoms with van der Waals surface area (Å²) in [6, 6.07) is 9.14. The Bertz CT molecular complexity index is 1260. The molecule has 4 N–H and O–H groups in total. The second kappa shape index (κ2) is 9.98. The summed E-state index contributed by atoms with van der Waals surface area (Å²) < 4.78 is 15.9. The highest BCUT2D eigenvalue weighted by molar-refractivity contribution is 6.00. The van der Waals surface area contributed by atoms with E-state index in [2.05, 4.69) is 26.8 Å². The van der Waals surface area contributed by atoms with Gasteiger partial charge in [0.2, 0.25) is 0 Å². The van der Waals surface area contributed by atoms with E-state index in [0.717, 1.165) is 24.8 Å². The van der Waals surface area contributed by atoms with E-state index in [1.165, 1.54) is 26.2 Å². The first-order valence-electron chi connectivity index (χ1n) is 11.6. The van der Waals surface area contributed by atoms with Crippen molar-refractivity contribution in [3.05, 3.63) is 47.8 Å². The number of nitriles is 1. The minimum atomic E-state index is -1.64. The van der Waals surface area contributed by atoms with Crippen molar-refractivity contribution in [3.8, 4) is 17.5 Å². The van der Waals surface area contributed by atoms with E-state index >= 15 is 0 Å². The number of aliphatic hydroxyl groups excluding tert-OH is 1. The minimum Gasteiger partial charge on any atom is -0.393 e. The molecule has 0 bridgehead atoms. The molecule has 3 atom stereocenters. The Morgan fingerprint density at radius 2 is 2.14 bits per heavy atom. The fourth-order valence-corrected chi connectivity index (χ4v) is 4.19. The van der Waals surface area contributed by atoms with Gasteiger partial charge in [0, 0.05) is 12.2 Å². The maximum absolute atomic E-state index is 14.2. The van der Waals surface area contributed by atoms with Gasteiger partial charge in [-0.05, 0) is 63.8 Å². The molecule has 3 aromatic heterocycles. The van der Waals surface area contributed by atoms with Gasteiger partial charge < -0.3 is 20.8 Å². The summed E-state index contributed by atoms with van der Waals surface area (Å²) in [5.74, 6) is -0.522. The lowest BCUT2D eigenvalue weighted by Gasteiger charge is -2.28. The number of amides is 1. The molecule has 0 saturated heterocycles. The number of aromatic nitrogens is 3. The molecule has 1 aliphatic rings. The third-order valence-electron chi connectivity index (χ3n) is 6.26. The lowest BCUT2D eigenvalue weighted by atomic mass is 9.92. The molecule has 0 spiro atoms. The normalized spacial score (nSPS) is 19.2. The van der Waals surface area contributed by atoms with Crippen LogP contribution in [0.25, 0.3) is 16.9 Å². The van der Waals surface area contributed by atoms with Gasteiger partial charge in [-0.2, -0.15) is 10.4 Å². The maximum Gasteiger partial charge on any atom is 0.255 e.